The van der Waals surface area contributed by atoms with E-state index in [1.165, 1.54) is 4.90 Å². The average molecular weight is 361 g/mol. The largest absolute Gasteiger partial charge is 0.354 e. The van der Waals surface area contributed by atoms with E-state index in [-0.39, 0.29) is 32.1 Å². The van der Waals surface area contributed by atoms with Crippen LogP contribution in [-0.4, -0.2) is 86.4 Å². The summed E-state index contributed by atoms with van der Waals surface area (Å²) in [6, 6.07) is -1.67. The number of sulfonamides is 1. The number of carbonyl (C=O) groups excluding carboxylic acids is 3. The molecule has 0 aliphatic carbocycles. The van der Waals surface area contributed by atoms with Crippen molar-refractivity contribution < 1.29 is 22.8 Å². The molecule has 2 aliphatic rings. The van der Waals surface area contributed by atoms with E-state index >= 15 is 0 Å². The van der Waals surface area contributed by atoms with Gasteiger partial charge in [-0.1, -0.05) is 0 Å². The predicted molar refractivity (Wildman–Crippen MR) is 85.1 cm³/mol. The Balaban J connectivity index is 2.14. The summed E-state index contributed by atoms with van der Waals surface area (Å²) in [4.78, 5) is 37.6. The molecular weight excluding hydrogens is 338 g/mol. The molecule has 4 N–H and O–H groups in total. The lowest BCUT2D eigenvalue weighted by molar-refractivity contribution is -0.143. The van der Waals surface area contributed by atoms with Crippen LogP contribution in [0.2, 0.25) is 0 Å². The molecular formula is C13H23N5O5S. The van der Waals surface area contributed by atoms with Gasteiger partial charge in [0.2, 0.25) is 27.7 Å². The molecule has 10 nitrogen and oxygen atoms in total. The van der Waals surface area contributed by atoms with Crippen LogP contribution in [0, 0.1) is 0 Å². The second-order valence-corrected chi connectivity index (χ2v) is 7.90. The third-order valence-corrected chi connectivity index (χ3v) is 5.48. The van der Waals surface area contributed by atoms with Gasteiger partial charge in [0, 0.05) is 26.2 Å². The molecule has 2 heterocycles. The zero-order valence-corrected chi connectivity index (χ0v) is 14.3. The first kappa shape index (κ1) is 18.6. The van der Waals surface area contributed by atoms with Crippen LogP contribution in [-0.2, 0) is 24.4 Å². The van der Waals surface area contributed by atoms with Crippen LogP contribution >= 0.6 is 0 Å². The van der Waals surface area contributed by atoms with Crippen molar-refractivity contribution in [3.8, 4) is 0 Å². The lowest BCUT2D eigenvalue weighted by Crippen LogP contribution is -2.64. The van der Waals surface area contributed by atoms with Gasteiger partial charge in [0.15, 0.2) is 0 Å². The summed E-state index contributed by atoms with van der Waals surface area (Å²) in [5.41, 5.74) is 5.37. The maximum Gasteiger partial charge on any atom is 0.244 e. The van der Waals surface area contributed by atoms with E-state index in [1.807, 2.05) is 0 Å². The van der Waals surface area contributed by atoms with Gasteiger partial charge >= 0.3 is 0 Å². The summed E-state index contributed by atoms with van der Waals surface area (Å²) in [6.07, 6.45) is 2.30. The van der Waals surface area contributed by atoms with Crippen LogP contribution < -0.4 is 16.4 Å². The minimum Gasteiger partial charge on any atom is -0.354 e. The van der Waals surface area contributed by atoms with E-state index in [0.29, 0.717) is 13.0 Å². The maximum atomic E-state index is 12.6. The van der Waals surface area contributed by atoms with Gasteiger partial charge in [0.1, 0.15) is 12.1 Å². The Labute approximate surface area is 140 Å². The highest BCUT2D eigenvalue weighted by molar-refractivity contribution is 7.88. The Morgan fingerprint density at radius 3 is 2.67 bits per heavy atom. The molecule has 0 aromatic rings. The van der Waals surface area contributed by atoms with E-state index in [1.54, 1.807) is 0 Å². The van der Waals surface area contributed by atoms with Gasteiger partial charge in [-0.05, 0) is 12.8 Å². The van der Waals surface area contributed by atoms with Crippen molar-refractivity contribution in [2.75, 3.05) is 39.0 Å². The number of hydrogen-bond donors (Lipinski definition) is 3. The number of nitrogens with zero attached hydrogens (tertiary/aromatic N) is 2. The van der Waals surface area contributed by atoms with E-state index in [0.717, 1.165) is 17.0 Å². The zero-order valence-electron chi connectivity index (χ0n) is 13.5. The first-order valence-electron chi connectivity index (χ1n) is 7.76. The Kier molecular flexibility index (Phi) is 5.78. The van der Waals surface area contributed by atoms with Crippen LogP contribution in [0.5, 0.6) is 0 Å². The van der Waals surface area contributed by atoms with Crippen molar-refractivity contribution in [1.82, 2.24) is 19.8 Å². The SMILES string of the molecule is CS(=O)(=O)N1CCN(C(=O)CN)[C@@H](C(=O)N[C@H]2CCCNC2=O)C1. The molecule has 2 atom stereocenters. The van der Waals surface area contributed by atoms with Crippen LogP contribution in [0.15, 0.2) is 0 Å². The van der Waals surface area contributed by atoms with Gasteiger partial charge < -0.3 is 21.3 Å². The van der Waals surface area contributed by atoms with E-state index in [2.05, 4.69) is 10.6 Å². The minimum atomic E-state index is -3.49. The van der Waals surface area contributed by atoms with Gasteiger partial charge in [-0.15, -0.1) is 0 Å². The molecule has 0 unspecified atom stereocenters. The number of piperazine rings is 1. The third-order valence-electron chi connectivity index (χ3n) is 4.21. The maximum absolute atomic E-state index is 12.6. The molecule has 0 radical (unpaired) electrons. The summed E-state index contributed by atoms with van der Waals surface area (Å²) >= 11 is 0. The first-order valence-corrected chi connectivity index (χ1v) is 9.61. The van der Waals surface area contributed by atoms with Crippen LogP contribution in [0.4, 0.5) is 0 Å². The van der Waals surface area contributed by atoms with Gasteiger partial charge in [0.05, 0.1) is 12.8 Å². The smallest absolute Gasteiger partial charge is 0.244 e. The highest BCUT2D eigenvalue weighted by Crippen LogP contribution is 2.14. The normalized spacial score (nSPS) is 25.9. The van der Waals surface area contributed by atoms with Gasteiger partial charge in [-0.2, -0.15) is 4.31 Å². The van der Waals surface area contributed by atoms with Crippen molar-refractivity contribution in [3.63, 3.8) is 0 Å². The highest BCUT2D eigenvalue weighted by atomic mass is 32.2. The standard InChI is InChI=1S/C13H23N5O5S/c1-24(22,23)17-5-6-18(11(19)7-14)10(8-17)13(21)16-9-3-2-4-15-12(9)20/h9-10H,2-8,14H2,1H3,(H,15,20)(H,16,21)/t9-,10+/m0/s1. The van der Waals surface area contributed by atoms with Gasteiger partial charge in [-0.3, -0.25) is 14.4 Å². The molecule has 2 aliphatic heterocycles. The monoisotopic (exact) mass is 361 g/mol. The van der Waals surface area contributed by atoms with Gasteiger partial charge in [0.25, 0.3) is 0 Å². The Hall–Kier alpha value is -1.72. The fourth-order valence-corrected chi connectivity index (χ4v) is 3.70. The minimum absolute atomic E-state index is 0.0814. The van der Waals surface area contributed by atoms with Gasteiger partial charge in [-0.25, -0.2) is 8.42 Å². The fraction of sp³-hybridized carbons (Fsp3) is 0.769. The molecule has 24 heavy (non-hydrogen) atoms. The van der Waals surface area contributed by atoms with Crippen molar-refractivity contribution in [3.05, 3.63) is 0 Å². The Morgan fingerprint density at radius 2 is 2.08 bits per heavy atom. The van der Waals surface area contributed by atoms with Crippen molar-refractivity contribution in [2.24, 2.45) is 5.73 Å². The van der Waals surface area contributed by atoms with Crippen LogP contribution in [0.3, 0.4) is 0 Å². The third kappa shape index (κ3) is 4.22. The number of piperidine rings is 1. The zero-order chi connectivity index (χ0) is 17.9. The number of hydrogen-bond acceptors (Lipinski definition) is 6. The molecule has 2 saturated heterocycles. The molecule has 136 valence electrons. The van der Waals surface area contributed by atoms with Crippen molar-refractivity contribution >= 4 is 27.7 Å². The molecule has 2 fully saturated rings. The molecule has 0 bridgehead atoms. The van der Waals surface area contributed by atoms with Crippen LogP contribution in [0.1, 0.15) is 12.8 Å². The van der Waals surface area contributed by atoms with E-state index in [9.17, 15) is 22.8 Å². The topological polar surface area (TPSA) is 142 Å². The molecule has 11 heteroatoms. The van der Waals surface area contributed by atoms with Crippen molar-refractivity contribution in [1.29, 1.82) is 0 Å². The Morgan fingerprint density at radius 1 is 1.38 bits per heavy atom. The van der Waals surface area contributed by atoms with Crippen LogP contribution in [0.25, 0.3) is 0 Å². The lowest BCUT2D eigenvalue weighted by Gasteiger charge is -2.39. The molecule has 2 rings (SSSR count). The summed E-state index contributed by atoms with van der Waals surface area (Å²) in [5.74, 6) is -1.26. The molecule has 0 spiro atoms. The molecule has 0 saturated carbocycles. The molecule has 0 aromatic heterocycles. The highest BCUT2D eigenvalue weighted by Gasteiger charge is 2.39. The number of nitrogens with two attached hydrogens (primary N) is 1. The Bertz CT molecular complexity index is 622. The summed E-state index contributed by atoms with van der Waals surface area (Å²) in [5, 5.41) is 5.27. The number of amides is 3. The number of nitrogens with one attached hydrogen (secondary N) is 2. The first-order chi connectivity index (χ1) is 11.2. The lowest BCUT2D eigenvalue weighted by atomic mass is 10.1. The number of carbonyl (C=O) groups is 3. The molecule has 0 aromatic carbocycles. The predicted octanol–water partition coefficient (Wildman–Crippen LogP) is -3.19. The van der Waals surface area contributed by atoms with E-state index in [4.69, 9.17) is 5.73 Å². The number of rotatable bonds is 4. The van der Waals surface area contributed by atoms with E-state index < -0.39 is 33.9 Å². The summed E-state index contributed by atoms with van der Waals surface area (Å²) in [7, 11) is -3.49. The summed E-state index contributed by atoms with van der Waals surface area (Å²) < 4.78 is 24.6. The summed E-state index contributed by atoms with van der Waals surface area (Å²) in [6.45, 7) is 0.335. The van der Waals surface area contributed by atoms with Crippen molar-refractivity contribution in [2.45, 2.75) is 24.9 Å². The average Bonchev–Trinajstić information content (AvgIpc) is 2.54. The second-order valence-electron chi connectivity index (χ2n) is 5.92. The second kappa shape index (κ2) is 7.45. The quantitative estimate of drug-likeness (QED) is 0.482. The molecule has 3 amide bonds. The fourth-order valence-electron chi connectivity index (χ4n) is 2.88.